The zero-order valence-corrected chi connectivity index (χ0v) is 15.1. The zero-order chi connectivity index (χ0) is 18.0. The minimum absolute atomic E-state index is 0.261. The van der Waals surface area contributed by atoms with Crippen LogP contribution < -0.4 is 4.74 Å². The Balaban J connectivity index is 2.17. The number of carbonyl (C=O) groups is 1. The molecule has 126 valence electrons. The summed E-state index contributed by atoms with van der Waals surface area (Å²) in [5.74, 6) is 0.261. The second-order valence-electron chi connectivity index (χ2n) is 5.35. The van der Waals surface area contributed by atoms with E-state index in [2.05, 4.69) is 9.97 Å². The third-order valence-corrected chi connectivity index (χ3v) is 4.71. The van der Waals surface area contributed by atoms with Crippen molar-refractivity contribution in [3.05, 3.63) is 63.9 Å². The molecule has 0 amide bonds. The molecule has 0 saturated carbocycles. The van der Waals surface area contributed by atoms with E-state index >= 15 is 0 Å². The average molecular weight is 373 g/mol. The van der Waals surface area contributed by atoms with Crippen LogP contribution in [0.1, 0.15) is 15.9 Å². The van der Waals surface area contributed by atoms with Gasteiger partial charge in [-0.05, 0) is 36.2 Å². The van der Waals surface area contributed by atoms with Crippen LogP contribution in [0, 0.1) is 6.92 Å². The molecule has 0 saturated heterocycles. The second-order valence-corrected chi connectivity index (χ2v) is 6.09. The molecule has 0 aliphatic carbocycles. The van der Waals surface area contributed by atoms with E-state index in [1.54, 1.807) is 18.3 Å². The van der Waals surface area contributed by atoms with Gasteiger partial charge >= 0.3 is 0 Å². The fraction of sp³-hybridized carbons (Fsp3) is 0.105. The Morgan fingerprint density at radius 1 is 1.04 bits per heavy atom. The first-order valence-electron chi connectivity index (χ1n) is 7.47. The fourth-order valence-corrected chi connectivity index (χ4v) is 3.08. The van der Waals surface area contributed by atoms with Crippen LogP contribution in [0.3, 0.4) is 0 Å². The molecule has 3 rings (SSSR count). The van der Waals surface area contributed by atoms with Crippen molar-refractivity contribution in [3.63, 3.8) is 0 Å². The molecular weight excluding hydrogens is 359 g/mol. The molecule has 0 aliphatic heterocycles. The van der Waals surface area contributed by atoms with Crippen LogP contribution in [0.5, 0.6) is 5.88 Å². The summed E-state index contributed by atoms with van der Waals surface area (Å²) >= 11 is 12.8. The van der Waals surface area contributed by atoms with Crippen LogP contribution in [-0.2, 0) is 0 Å². The van der Waals surface area contributed by atoms with E-state index in [0.717, 1.165) is 22.3 Å². The van der Waals surface area contributed by atoms with Gasteiger partial charge in [-0.15, -0.1) is 0 Å². The van der Waals surface area contributed by atoms with E-state index in [-0.39, 0.29) is 5.88 Å². The molecule has 0 spiro atoms. The Morgan fingerprint density at radius 2 is 1.80 bits per heavy atom. The van der Waals surface area contributed by atoms with Crippen molar-refractivity contribution in [2.75, 3.05) is 7.11 Å². The highest BCUT2D eigenvalue weighted by atomic mass is 35.5. The lowest BCUT2D eigenvalue weighted by Crippen LogP contribution is -1.96. The summed E-state index contributed by atoms with van der Waals surface area (Å²) in [5, 5.41) is 0.982. The van der Waals surface area contributed by atoms with Crippen molar-refractivity contribution in [1.29, 1.82) is 0 Å². The number of ether oxygens (including phenoxy) is 1. The number of hydrogen-bond acceptors (Lipinski definition) is 4. The van der Waals surface area contributed by atoms with Crippen molar-refractivity contribution < 1.29 is 9.53 Å². The average Bonchev–Trinajstić information content (AvgIpc) is 2.64. The molecule has 25 heavy (non-hydrogen) atoms. The first-order chi connectivity index (χ1) is 12.1. The van der Waals surface area contributed by atoms with Crippen molar-refractivity contribution in [2.45, 2.75) is 6.92 Å². The number of carbonyl (C=O) groups excluding carboxylic acids is 1. The van der Waals surface area contributed by atoms with Crippen LogP contribution in [0.25, 0.3) is 22.4 Å². The van der Waals surface area contributed by atoms with Gasteiger partial charge in [0, 0.05) is 17.3 Å². The largest absolute Gasteiger partial charge is 0.480 e. The summed E-state index contributed by atoms with van der Waals surface area (Å²) in [6.45, 7) is 1.90. The topological polar surface area (TPSA) is 52.1 Å². The molecule has 3 aromatic rings. The third kappa shape index (κ3) is 3.23. The van der Waals surface area contributed by atoms with Gasteiger partial charge in [0.15, 0.2) is 6.29 Å². The van der Waals surface area contributed by atoms with Crippen LogP contribution in [0.2, 0.25) is 10.2 Å². The highest BCUT2D eigenvalue weighted by molar-refractivity contribution is 6.36. The van der Waals surface area contributed by atoms with E-state index in [9.17, 15) is 4.79 Å². The maximum atomic E-state index is 11.0. The lowest BCUT2D eigenvalue weighted by Gasteiger charge is -2.13. The van der Waals surface area contributed by atoms with Gasteiger partial charge < -0.3 is 4.74 Å². The number of aldehydes is 1. The lowest BCUT2D eigenvalue weighted by atomic mass is 9.99. The summed E-state index contributed by atoms with van der Waals surface area (Å²) in [6, 6.07) is 10.9. The number of halogens is 2. The van der Waals surface area contributed by atoms with Crippen molar-refractivity contribution >= 4 is 29.5 Å². The maximum absolute atomic E-state index is 11.0. The molecule has 1 aromatic carbocycles. The Kier molecular flexibility index (Phi) is 5.02. The molecule has 2 heterocycles. The Hall–Kier alpha value is -2.43. The second kappa shape index (κ2) is 7.21. The van der Waals surface area contributed by atoms with Gasteiger partial charge in [-0.1, -0.05) is 41.4 Å². The monoisotopic (exact) mass is 372 g/mol. The third-order valence-electron chi connectivity index (χ3n) is 3.92. The van der Waals surface area contributed by atoms with Gasteiger partial charge in [-0.3, -0.25) is 4.79 Å². The molecular formula is C19H14Cl2N2O2. The van der Waals surface area contributed by atoms with E-state index in [4.69, 9.17) is 27.9 Å². The van der Waals surface area contributed by atoms with Crippen LogP contribution in [-0.4, -0.2) is 23.4 Å². The molecule has 2 aromatic heterocycles. The molecule has 0 N–H and O–H groups in total. The predicted octanol–water partition coefficient (Wildman–Crippen LogP) is 5.25. The maximum Gasteiger partial charge on any atom is 0.224 e. The molecule has 6 heteroatoms. The number of benzene rings is 1. The zero-order valence-electron chi connectivity index (χ0n) is 13.6. The fourth-order valence-electron chi connectivity index (χ4n) is 2.59. The predicted molar refractivity (Wildman–Crippen MR) is 99.6 cm³/mol. The number of nitrogens with zero attached hydrogens (tertiary/aromatic N) is 2. The number of methoxy groups -OCH3 is 1. The van der Waals surface area contributed by atoms with Gasteiger partial charge in [0.2, 0.25) is 5.88 Å². The van der Waals surface area contributed by atoms with Crippen LogP contribution in [0.4, 0.5) is 0 Å². The number of hydrogen-bond donors (Lipinski definition) is 0. The Labute approximate surface area is 155 Å². The summed E-state index contributed by atoms with van der Waals surface area (Å²) in [6.07, 6.45) is 2.35. The Bertz CT molecular complexity index is 958. The van der Waals surface area contributed by atoms with Gasteiger partial charge in [0.05, 0.1) is 23.4 Å². The van der Waals surface area contributed by atoms with E-state index in [1.807, 2.05) is 31.2 Å². The van der Waals surface area contributed by atoms with Gasteiger partial charge in [0.25, 0.3) is 0 Å². The van der Waals surface area contributed by atoms with E-state index in [0.29, 0.717) is 27.7 Å². The minimum Gasteiger partial charge on any atom is -0.480 e. The molecule has 0 bridgehead atoms. The van der Waals surface area contributed by atoms with Crippen LogP contribution >= 0.6 is 23.2 Å². The van der Waals surface area contributed by atoms with Gasteiger partial charge in [-0.2, -0.15) is 0 Å². The Morgan fingerprint density at radius 3 is 2.52 bits per heavy atom. The summed E-state index contributed by atoms with van der Waals surface area (Å²) in [4.78, 5) is 19.5. The summed E-state index contributed by atoms with van der Waals surface area (Å²) < 4.78 is 5.18. The number of aromatic nitrogens is 2. The summed E-state index contributed by atoms with van der Waals surface area (Å²) in [7, 11) is 1.47. The normalized spacial score (nSPS) is 10.6. The number of pyridine rings is 2. The lowest BCUT2D eigenvalue weighted by molar-refractivity contribution is 0.112. The molecule has 4 nitrogen and oxygen atoms in total. The van der Waals surface area contributed by atoms with Crippen molar-refractivity contribution in [3.8, 4) is 28.3 Å². The first kappa shape index (κ1) is 17.4. The number of rotatable bonds is 4. The van der Waals surface area contributed by atoms with Crippen molar-refractivity contribution in [2.24, 2.45) is 0 Å². The molecule has 0 aliphatic rings. The highest BCUT2D eigenvalue weighted by Crippen LogP contribution is 2.38. The summed E-state index contributed by atoms with van der Waals surface area (Å²) in [5.41, 5.74) is 4.33. The van der Waals surface area contributed by atoms with E-state index in [1.165, 1.54) is 7.11 Å². The van der Waals surface area contributed by atoms with Crippen molar-refractivity contribution in [1.82, 2.24) is 9.97 Å². The smallest absolute Gasteiger partial charge is 0.224 e. The minimum atomic E-state index is 0.261. The SMILES string of the molecule is COc1nc(-c2cccc(-c3ccnc(Cl)c3C)c2Cl)ccc1C=O. The highest BCUT2D eigenvalue weighted by Gasteiger charge is 2.15. The van der Waals surface area contributed by atoms with Gasteiger partial charge in [-0.25, -0.2) is 9.97 Å². The van der Waals surface area contributed by atoms with Gasteiger partial charge in [0.1, 0.15) is 5.15 Å². The van der Waals surface area contributed by atoms with E-state index < -0.39 is 0 Å². The standard InChI is InChI=1S/C19H14Cl2N2O2/c1-11-13(8-9-22-18(11)21)14-4-3-5-15(17(14)20)16-7-6-12(10-24)19(23-16)25-2/h3-10H,1-2H3. The molecule has 0 radical (unpaired) electrons. The molecule has 0 atom stereocenters. The first-order valence-corrected chi connectivity index (χ1v) is 8.23. The molecule has 0 fully saturated rings. The quantitative estimate of drug-likeness (QED) is 0.463. The van der Waals surface area contributed by atoms with Crippen LogP contribution in [0.15, 0.2) is 42.6 Å². The molecule has 0 unspecified atom stereocenters.